The predicted octanol–water partition coefficient (Wildman–Crippen LogP) is 1.65. The number of rotatable bonds is 3. The van der Waals surface area contributed by atoms with Crippen LogP contribution in [0.15, 0.2) is 18.2 Å². The maximum Gasteiger partial charge on any atom is 0.251 e. The van der Waals surface area contributed by atoms with E-state index in [0.717, 1.165) is 31.6 Å². The fourth-order valence-corrected chi connectivity index (χ4v) is 2.17. The summed E-state index contributed by atoms with van der Waals surface area (Å²) >= 11 is 0. The smallest absolute Gasteiger partial charge is 0.251 e. The molecule has 1 aliphatic rings. The van der Waals surface area contributed by atoms with Crippen molar-refractivity contribution >= 4 is 5.91 Å². The van der Waals surface area contributed by atoms with Crippen LogP contribution in [0, 0.1) is 17.6 Å². The maximum absolute atomic E-state index is 13.0. The topological polar surface area (TPSA) is 32.3 Å². The Labute approximate surface area is 105 Å². The predicted molar refractivity (Wildman–Crippen MR) is 64.3 cm³/mol. The summed E-state index contributed by atoms with van der Waals surface area (Å²) < 4.78 is 25.7. The fourth-order valence-electron chi connectivity index (χ4n) is 2.17. The van der Waals surface area contributed by atoms with Crippen LogP contribution in [0.25, 0.3) is 0 Å². The lowest BCUT2D eigenvalue weighted by Gasteiger charge is -2.11. The summed E-state index contributed by atoms with van der Waals surface area (Å²) in [4.78, 5) is 13.9. The molecule has 1 atom stereocenters. The molecule has 1 aliphatic heterocycles. The Kier molecular flexibility index (Phi) is 3.91. The van der Waals surface area contributed by atoms with Gasteiger partial charge in [-0.2, -0.15) is 0 Å². The third kappa shape index (κ3) is 3.04. The van der Waals surface area contributed by atoms with Crippen LogP contribution < -0.4 is 5.32 Å². The molecule has 0 spiro atoms. The molecule has 1 heterocycles. The van der Waals surface area contributed by atoms with Gasteiger partial charge in [0.2, 0.25) is 0 Å². The Bertz CT molecular complexity index is 451. The number of benzene rings is 1. The molecule has 98 valence electrons. The van der Waals surface area contributed by atoms with Gasteiger partial charge in [-0.15, -0.1) is 0 Å². The van der Waals surface area contributed by atoms with Crippen LogP contribution in [0.2, 0.25) is 0 Å². The molecule has 0 bridgehead atoms. The van der Waals surface area contributed by atoms with Gasteiger partial charge < -0.3 is 10.2 Å². The monoisotopic (exact) mass is 254 g/mol. The molecule has 2 rings (SSSR count). The van der Waals surface area contributed by atoms with Crippen LogP contribution in [-0.4, -0.2) is 37.5 Å². The highest BCUT2D eigenvalue weighted by Crippen LogP contribution is 2.13. The van der Waals surface area contributed by atoms with E-state index in [2.05, 4.69) is 10.2 Å². The van der Waals surface area contributed by atoms with Gasteiger partial charge in [-0.3, -0.25) is 4.79 Å². The molecular weight excluding hydrogens is 238 g/mol. The van der Waals surface area contributed by atoms with Crippen molar-refractivity contribution in [1.82, 2.24) is 10.2 Å². The molecule has 1 N–H and O–H groups in total. The van der Waals surface area contributed by atoms with E-state index in [1.807, 2.05) is 7.05 Å². The van der Waals surface area contributed by atoms with Crippen LogP contribution in [0.5, 0.6) is 0 Å². The second-order valence-corrected chi connectivity index (χ2v) is 4.76. The van der Waals surface area contributed by atoms with Crippen LogP contribution in [-0.2, 0) is 0 Å². The zero-order valence-electron chi connectivity index (χ0n) is 10.2. The summed E-state index contributed by atoms with van der Waals surface area (Å²) in [7, 11) is 2.04. The number of hydrogen-bond donors (Lipinski definition) is 1. The molecular formula is C13H16F2N2O. The molecule has 1 aromatic rings. The van der Waals surface area contributed by atoms with Crippen molar-refractivity contribution in [3.05, 3.63) is 35.4 Å². The van der Waals surface area contributed by atoms with Gasteiger partial charge in [-0.1, -0.05) is 0 Å². The molecule has 1 unspecified atom stereocenters. The zero-order chi connectivity index (χ0) is 13.1. The zero-order valence-corrected chi connectivity index (χ0v) is 10.2. The van der Waals surface area contributed by atoms with Gasteiger partial charge in [-0.05, 0) is 44.1 Å². The number of amides is 1. The standard InChI is InChI=1S/C13H16F2N2O/c1-17-5-4-9(8-17)7-16-13(18)10-2-3-11(14)12(15)6-10/h2-3,6,9H,4-5,7-8H2,1H3,(H,16,18). The molecule has 0 radical (unpaired) electrons. The highest BCUT2D eigenvalue weighted by molar-refractivity contribution is 5.94. The maximum atomic E-state index is 13.0. The molecule has 1 aromatic carbocycles. The average Bonchev–Trinajstić information content (AvgIpc) is 2.75. The number of nitrogens with one attached hydrogen (secondary N) is 1. The largest absolute Gasteiger partial charge is 0.352 e. The van der Waals surface area contributed by atoms with Crippen molar-refractivity contribution in [3.8, 4) is 0 Å². The molecule has 0 saturated carbocycles. The number of likely N-dealkylation sites (tertiary alicyclic amines) is 1. The quantitative estimate of drug-likeness (QED) is 0.889. The van der Waals surface area contributed by atoms with Crippen LogP contribution in [0.1, 0.15) is 16.8 Å². The van der Waals surface area contributed by atoms with E-state index >= 15 is 0 Å². The lowest BCUT2D eigenvalue weighted by atomic mass is 10.1. The minimum absolute atomic E-state index is 0.153. The highest BCUT2D eigenvalue weighted by atomic mass is 19.2. The van der Waals surface area contributed by atoms with Crippen LogP contribution in [0.3, 0.4) is 0 Å². The molecule has 1 amide bonds. The summed E-state index contributed by atoms with van der Waals surface area (Å²) in [6.45, 7) is 2.56. The number of carbonyl (C=O) groups is 1. The fraction of sp³-hybridized carbons (Fsp3) is 0.462. The highest BCUT2D eigenvalue weighted by Gasteiger charge is 2.20. The molecule has 3 nitrogen and oxygen atoms in total. The van der Waals surface area contributed by atoms with Crippen molar-refractivity contribution in [2.75, 3.05) is 26.7 Å². The van der Waals surface area contributed by atoms with E-state index in [1.165, 1.54) is 6.07 Å². The number of hydrogen-bond acceptors (Lipinski definition) is 2. The van der Waals surface area contributed by atoms with Crippen molar-refractivity contribution in [3.63, 3.8) is 0 Å². The van der Waals surface area contributed by atoms with Crippen molar-refractivity contribution in [2.45, 2.75) is 6.42 Å². The minimum Gasteiger partial charge on any atom is -0.352 e. The Morgan fingerprint density at radius 1 is 1.44 bits per heavy atom. The first-order valence-electron chi connectivity index (χ1n) is 5.98. The minimum atomic E-state index is -0.997. The van der Waals surface area contributed by atoms with E-state index < -0.39 is 11.6 Å². The first-order chi connectivity index (χ1) is 8.56. The number of halogens is 2. The van der Waals surface area contributed by atoms with Gasteiger partial charge in [0, 0.05) is 18.7 Å². The summed E-state index contributed by atoms with van der Waals surface area (Å²) in [5.74, 6) is -1.86. The van der Waals surface area contributed by atoms with Crippen molar-refractivity contribution < 1.29 is 13.6 Å². The van der Waals surface area contributed by atoms with E-state index in [4.69, 9.17) is 0 Å². The lowest BCUT2D eigenvalue weighted by Crippen LogP contribution is -2.30. The molecule has 18 heavy (non-hydrogen) atoms. The molecule has 1 saturated heterocycles. The second kappa shape index (κ2) is 5.44. The number of carbonyl (C=O) groups excluding carboxylic acids is 1. The van der Waals surface area contributed by atoms with Gasteiger partial charge in [0.1, 0.15) is 0 Å². The lowest BCUT2D eigenvalue weighted by molar-refractivity contribution is 0.0947. The Hall–Kier alpha value is -1.49. The first kappa shape index (κ1) is 13.0. The Morgan fingerprint density at radius 3 is 2.83 bits per heavy atom. The SMILES string of the molecule is CN1CCC(CNC(=O)c2ccc(F)c(F)c2)C1. The first-order valence-corrected chi connectivity index (χ1v) is 5.98. The molecule has 0 aromatic heterocycles. The Balaban J connectivity index is 1.89. The second-order valence-electron chi connectivity index (χ2n) is 4.76. The third-order valence-electron chi connectivity index (χ3n) is 3.22. The van der Waals surface area contributed by atoms with Gasteiger partial charge in [0.05, 0.1) is 0 Å². The molecule has 5 heteroatoms. The van der Waals surface area contributed by atoms with Crippen LogP contribution in [0.4, 0.5) is 8.78 Å². The molecule has 0 aliphatic carbocycles. The van der Waals surface area contributed by atoms with E-state index in [1.54, 1.807) is 0 Å². The van der Waals surface area contributed by atoms with Crippen molar-refractivity contribution in [1.29, 1.82) is 0 Å². The summed E-state index contributed by atoms with van der Waals surface area (Å²) in [6, 6.07) is 3.17. The van der Waals surface area contributed by atoms with Gasteiger partial charge >= 0.3 is 0 Å². The van der Waals surface area contributed by atoms with Crippen molar-refractivity contribution in [2.24, 2.45) is 5.92 Å². The third-order valence-corrected chi connectivity index (χ3v) is 3.22. The van der Waals surface area contributed by atoms with Gasteiger partial charge in [0.15, 0.2) is 11.6 Å². The normalized spacial score (nSPS) is 20.1. The van der Waals surface area contributed by atoms with E-state index in [9.17, 15) is 13.6 Å². The molecule has 1 fully saturated rings. The Morgan fingerprint density at radius 2 is 2.22 bits per heavy atom. The average molecular weight is 254 g/mol. The number of nitrogens with zero attached hydrogens (tertiary/aromatic N) is 1. The van der Waals surface area contributed by atoms with E-state index in [0.29, 0.717) is 12.5 Å². The summed E-state index contributed by atoms with van der Waals surface area (Å²) in [5, 5.41) is 2.75. The van der Waals surface area contributed by atoms with Gasteiger partial charge in [-0.25, -0.2) is 8.78 Å². The van der Waals surface area contributed by atoms with E-state index in [-0.39, 0.29) is 11.5 Å². The van der Waals surface area contributed by atoms with Gasteiger partial charge in [0.25, 0.3) is 5.91 Å². The summed E-state index contributed by atoms with van der Waals surface area (Å²) in [6.07, 6.45) is 1.05. The summed E-state index contributed by atoms with van der Waals surface area (Å²) in [5.41, 5.74) is 0.153. The van der Waals surface area contributed by atoms with Crippen LogP contribution >= 0.6 is 0 Å².